The molecule has 0 saturated heterocycles. The van der Waals surface area contributed by atoms with E-state index in [1.165, 1.54) is 31.2 Å². The molecular weight excluding hydrogens is 436 g/mol. The van der Waals surface area contributed by atoms with Crippen LogP contribution in [0, 0.1) is 5.92 Å². The molecule has 1 aromatic rings. The number of nitrogens with two attached hydrogens (primary N) is 1. The number of nitrogens with zero attached hydrogens (tertiary/aromatic N) is 1. The van der Waals surface area contributed by atoms with Gasteiger partial charge in [0.15, 0.2) is 0 Å². The number of carboxylic acids is 1. The van der Waals surface area contributed by atoms with Crippen LogP contribution in [0.1, 0.15) is 39.3 Å². The number of imidazole rings is 1. The van der Waals surface area contributed by atoms with Crippen molar-refractivity contribution in [1.82, 2.24) is 25.9 Å². The van der Waals surface area contributed by atoms with E-state index in [2.05, 4.69) is 25.9 Å². The highest BCUT2D eigenvalue weighted by Crippen LogP contribution is 2.08. The van der Waals surface area contributed by atoms with Crippen LogP contribution in [0.3, 0.4) is 0 Å². The number of rotatable bonds is 14. The molecule has 11 nitrogen and oxygen atoms in total. The van der Waals surface area contributed by atoms with Crippen molar-refractivity contribution < 1.29 is 24.3 Å². The Morgan fingerprint density at radius 2 is 1.75 bits per heavy atom. The topological polar surface area (TPSA) is 179 Å². The van der Waals surface area contributed by atoms with Crippen molar-refractivity contribution in [1.29, 1.82) is 0 Å². The first-order valence-corrected chi connectivity index (χ1v) is 11.9. The molecule has 0 aliphatic rings. The van der Waals surface area contributed by atoms with Crippen LogP contribution in [0.5, 0.6) is 0 Å². The van der Waals surface area contributed by atoms with Crippen LogP contribution < -0.4 is 21.7 Å². The predicted octanol–water partition coefficient (Wildman–Crippen LogP) is -0.362. The van der Waals surface area contributed by atoms with E-state index in [1.807, 2.05) is 20.1 Å². The second-order valence-electron chi connectivity index (χ2n) is 7.66. The maximum Gasteiger partial charge on any atom is 0.325 e. The molecule has 5 atom stereocenters. The quantitative estimate of drug-likeness (QED) is 0.213. The number of carboxylic acid groups (broad SMARTS) is 1. The number of nitrogens with one attached hydrogen (secondary N) is 4. The molecule has 3 amide bonds. The highest BCUT2D eigenvalue weighted by Gasteiger charge is 2.30. The highest BCUT2D eigenvalue weighted by atomic mass is 32.2. The zero-order chi connectivity index (χ0) is 24.3. The molecular formula is C20H34N6O5S. The van der Waals surface area contributed by atoms with Gasteiger partial charge in [0.05, 0.1) is 12.4 Å². The number of hydrogen-bond acceptors (Lipinski definition) is 7. The Balaban J connectivity index is 2.99. The first-order chi connectivity index (χ1) is 15.1. The molecule has 0 aliphatic heterocycles. The van der Waals surface area contributed by atoms with E-state index in [0.29, 0.717) is 24.3 Å². The Bertz CT molecular complexity index is 760. The zero-order valence-electron chi connectivity index (χ0n) is 18.9. The minimum absolute atomic E-state index is 0.0801. The van der Waals surface area contributed by atoms with E-state index in [-0.39, 0.29) is 12.3 Å². The van der Waals surface area contributed by atoms with E-state index in [0.717, 1.165) is 0 Å². The normalized spacial score (nSPS) is 15.7. The SMILES string of the molecule is CCC(C)C(N)C(=O)NC(Cc1cnc[nH]1)C(=O)NC(CCSC)C(=O)NC(C)C(=O)O. The predicted molar refractivity (Wildman–Crippen MR) is 122 cm³/mol. The maximum atomic E-state index is 13.1. The number of thioether (sulfide) groups is 1. The van der Waals surface area contributed by atoms with Gasteiger partial charge in [0.25, 0.3) is 0 Å². The van der Waals surface area contributed by atoms with Gasteiger partial charge in [-0.3, -0.25) is 19.2 Å². The summed E-state index contributed by atoms with van der Waals surface area (Å²) in [5.41, 5.74) is 6.62. The number of aliphatic carboxylic acids is 1. The summed E-state index contributed by atoms with van der Waals surface area (Å²) in [6.07, 6.45) is 5.96. The fourth-order valence-electron chi connectivity index (χ4n) is 2.76. The zero-order valence-corrected chi connectivity index (χ0v) is 19.7. The lowest BCUT2D eigenvalue weighted by atomic mass is 9.98. The molecule has 180 valence electrons. The van der Waals surface area contributed by atoms with Crippen LogP contribution in [-0.4, -0.2) is 74.9 Å². The molecule has 0 fully saturated rings. The highest BCUT2D eigenvalue weighted by molar-refractivity contribution is 7.98. The molecule has 0 spiro atoms. The Labute approximate surface area is 192 Å². The van der Waals surface area contributed by atoms with Crippen molar-refractivity contribution in [3.63, 3.8) is 0 Å². The summed E-state index contributed by atoms with van der Waals surface area (Å²) in [5, 5.41) is 16.7. The van der Waals surface area contributed by atoms with Gasteiger partial charge in [-0.15, -0.1) is 0 Å². The van der Waals surface area contributed by atoms with Crippen LogP contribution in [0.25, 0.3) is 0 Å². The van der Waals surface area contributed by atoms with E-state index in [4.69, 9.17) is 10.8 Å². The number of amides is 3. The Morgan fingerprint density at radius 1 is 1.12 bits per heavy atom. The van der Waals surface area contributed by atoms with Crippen molar-refractivity contribution in [2.75, 3.05) is 12.0 Å². The lowest BCUT2D eigenvalue weighted by Gasteiger charge is -2.25. The van der Waals surface area contributed by atoms with Gasteiger partial charge in [-0.05, 0) is 31.3 Å². The van der Waals surface area contributed by atoms with Crippen LogP contribution in [0.15, 0.2) is 12.5 Å². The molecule has 5 unspecified atom stereocenters. The molecule has 0 radical (unpaired) electrons. The summed E-state index contributed by atoms with van der Waals surface area (Å²) in [6, 6.07) is -3.85. The molecule has 0 aromatic carbocycles. The van der Waals surface area contributed by atoms with Crippen LogP contribution in [-0.2, 0) is 25.6 Å². The van der Waals surface area contributed by atoms with Crippen molar-refractivity contribution in [2.45, 2.75) is 64.2 Å². The van der Waals surface area contributed by atoms with Crippen LogP contribution >= 0.6 is 11.8 Å². The molecule has 0 saturated carbocycles. The van der Waals surface area contributed by atoms with Crippen molar-refractivity contribution in [3.05, 3.63) is 18.2 Å². The number of hydrogen-bond donors (Lipinski definition) is 6. The van der Waals surface area contributed by atoms with Gasteiger partial charge >= 0.3 is 5.97 Å². The molecule has 1 heterocycles. The summed E-state index contributed by atoms with van der Waals surface area (Å²) in [7, 11) is 0. The van der Waals surface area contributed by atoms with E-state index < -0.39 is 47.9 Å². The number of H-pyrrole nitrogens is 1. The lowest BCUT2D eigenvalue weighted by Crippen LogP contribution is -2.58. The second-order valence-corrected chi connectivity index (χ2v) is 8.65. The van der Waals surface area contributed by atoms with Gasteiger partial charge in [0.1, 0.15) is 18.1 Å². The van der Waals surface area contributed by atoms with Crippen LogP contribution in [0.4, 0.5) is 0 Å². The minimum Gasteiger partial charge on any atom is -0.480 e. The smallest absolute Gasteiger partial charge is 0.325 e. The lowest BCUT2D eigenvalue weighted by molar-refractivity contribution is -0.141. The summed E-state index contributed by atoms with van der Waals surface area (Å²) >= 11 is 1.48. The molecule has 1 aromatic heterocycles. The average molecular weight is 471 g/mol. The number of aromatic amines is 1. The monoisotopic (exact) mass is 470 g/mol. The summed E-state index contributed by atoms with van der Waals surface area (Å²) in [4.78, 5) is 56.1. The summed E-state index contributed by atoms with van der Waals surface area (Å²) in [6.45, 7) is 5.10. The number of carbonyl (C=O) groups excluding carboxylic acids is 3. The van der Waals surface area contributed by atoms with Crippen molar-refractivity contribution >= 4 is 35.5 Å². The molecule has 12 heteroatoms. The van der Waals surface area contributed by atoms with E-state index in [9.17, 15) is 19.2 Å². The van der Waals surface area contributed by atoms with Gasteiger partial charge in [0.2, 0.25) is 17.7 Å². The van der Waals surface area contributed by atoms with Crippen molar-refractivity contribution in [2.24, 2.45) is 11.7 Å². The second kappa shape index (κ2) is 13.7. The maximum absolute atomic E-state index is 13.1. The molecule has 7 N–H and O–H groups in total. The van der Waals surface area contributed by atoms with Gasteiger partial charge in [-0.2, -0.15) is 11.8 Å². The van der Waals surface area contributed by atoms with Crippen LogP contribution in [0.2, 0.25) is 0 Å². The number of aromatic nitrogens is 2. The largest absolute Gasteiger partial charge is 0.480 e. The van der Waals surface area contributed by atoms with Gasteiger partial charge in [-0.1, -0.05) is 20.3 Å². The van der Waals surface area contributed by atoms with Gasteiger partial charge in [0, 0.05) is 18.3 Å². The molecule has 0 bridgehead atoms. The third-order valence-electron chi connectivity index (χ3n) is 5.14. The fourth-order valence-corrected chi connectivity index (χ4v) is 3.23. The Hall–Kier alpha value is -2.60. The van der Waals surface area contributed by atoms with Crippen molar-refractivity contribution in [3.8, 4) is 0 Å². The molecule has 1 rings (SSSR count). The van der Waals surface area contributed by atoms with Gasteiger partial charge in [-0.25, -0.2) is 4.98 Å². The fraction of sp³-hybridized carbons (Fsp3) is 0.650. The van der Waals surface area contributed by atoms with Gasteiger partial charge < -0.3 is 31.8 Å². The summed E-state index contributed by atoms with van der Waals surface area (Å²) < 4.78 is 0. The van der Waals surface area contributed by atoms with E-state index in [1.54, 1.807) is 0 Å². The number of carbonyl (C=O) groups is 4. The molecule has 32 heavy (non-hydrogen) atoms. The Morgan fingerprint density at radius 3 is 2.28 bits per heavy atom. The standard InChI is InChI=1S/C20H34N6O5S/c1-5-11(2)16(21)19(29)26-15(8-13-9-22-10-23-13)18(28)25-14(6-7-32-4)17(27)24-12(3)20(30)31/h9-12,14-16H,5-8,21H2,1-4H3,(H,22,23)(H,24,27)(H,25,28)(H,26,29)(H,30,31). The average Bonchev–Trinajstić information content (AvgIpc) is 3.27. The minimum atomic E-state index is -1.18. The molecule has 0 aliphatic carbocycles. The van der Waals surface area contributed by atoms with E-state index >= 15 is 0 Å². The third kappa shape index (κ3) is 8.87. The Kier molecular flexibility index (Phi) is 11.8. The third-order valence-corrected chi connectivity index (χ3v) is 5.79. The first kappa shape index (κ1) is 27.4. The first-order valence-electron chi connectivity index (χ1n) is 10.5. The summed E-state index contributed by atoms with van der Waals surface area (Å²) in [5.74, 6) is -2.35.